The van der Waals surface area contributed by atoms with Gasteiger partial charge < -0.3 is 14.6 Å². The largest absolute Gasteiger partial charge is 0.496 e. The number of rotatable bonds is 2. The van der Waals surface area contributed by atoms with Crippen LogP contribution >= 0.6 is 0 Å². The third-order valence-corrected chi connectivity index (χ3v) is 3.09. The summed E-state index contributed by atoms with van der Waals surface area (Å²) in [4.78, 5) is 11.4. The van der Waals surface area contributed by atoms with Crippen LogP contribution in [0.25, 0.3) is 0 Å². The highest BCUT2D eigenvalue weighted by molar-refractivity contribution is 5.83. The number of ether oxygens (including phenoxy) is 2. The van der Waals surface area contributed by atoms with Gasteiger partial charge in [0.2, 0.25) is 0 Å². The lowest BCUT2D eigenvalue weighted by atomic mass is 9.77. The second-order valence-corrected chi connectivity index (χ2v) is 4.07. The van der Waals surface area contributed by atoms with Crippen molar-refractivity contribution in [3.63, 3.8) is 0 Å². The van der Waals surface area contributed by atoms with Crippen LogP contribution < -0.4 is 9.47 Å². The number of hydrogen-bond acceptors (Lipinski definition) is 3. The number of hydrogen-bond donors (Lipinski definition) is 1. The molecule has 1 heterocycles. The lowest BCUT2D eigenvalue weighted by Gasteiger charge is -2.33. The van der Waals surface area contributed by atoms with Crippen LogP contribution in [0.15, 0.2) is 18.2 Å². The van der Waals surface area contributed by atoms with Crippen molar-refractivity contribution in [3.8, 4) is 11.5 Å². The normalized spacial score (nSPS) is 23.1. The van der Waals surface area contributed by atoms with Crippen LogP contribution in [0.2, 0.25) is 0 Å². The number of carboxylic acid groups (broad SMARTS) is 1. The zero-order chi connectivity index (χ0) is 11.8. The lowest BCUT2D eigenvalue weighted by molar-refractivity contribution is -0.144. The summed E-state index contributed by atoms with van der Waals surface area (Å²) in [7, 11) is 1.53. The molecule has 0 fully saturated rings. The topological polar surface area (TPSA) is 55.8 Å². The Balaban J connectivity index is 2.64. The highest BCUT2D eigenvalue weighted by Gasteiger charge is 2.42. The van der Waals surface area contributed by atoms with E-state index in [0.29, 0.717) is 30.1 Å². The van der Waals surface area contributed by atoms with Gasteiger partial charge in [-0.05, 0) is 19.1 Å². The van der Waals surface area contributed by atoms with Gasteiger partial charge in [-0.3, -0.25) is 4.79 Å². The monoisotopic (exact) mass is 222 g/mol. The summed E-state index contributed by atoms with van der Waals surface area (Å²) in [6.45, 7) is 2.13. The summed E-state index contributed by atoms with van der Waals surface area (Å²) in [6, 6.07) is 5.33. The summed E-state index contributed by atoms with van der Waals surface area (Å²) >= 11 is 0. The van der Waals surface area contributed by atoms with E-state index in [0.717, 1.165) is 0 Å². The van der Waals surface area contributed by atoms with Gasteiger partial charge in [0.1, 0.15) is 16.9 Å². The number of carboxylic acids is 1. The second-order valence-electron chi connectivity index (χ2n) is 4.07. The Kier molecular flexibility index (Phi) is 2.50. The van der Waals surface area contributed by atoms with E-state index in [2.05, 4.69) is 0 Å². The van der Waals surface area contributed by atoms with Gasteiger partial charge in [0.25, 0.3) is 0 Å². The van der Waals surface area contributed by atoms with E-state index in [9.17, 15) is 9.90 Å². The lowest BCUT2D eigenvalue weighted by Crippen LogP contribution is -2.38. The maximum Gasteiger partial charge on any atom is 0.314 e. The van der Waals surface area contributed by atoms with Crippen molar-refractivity contribution < 1.29 is 19.4 Å². The summed E-state index contributed by atoms with van der Waals surface area (Å²) in [5.41, 5.74) is -0.295. The minimum atomic E-state index is -0.930. The Morgan fingerprint density at radius 2 is 2.31 bits per heavy atom. The first kappa shape index (κ1) is 10.8. The fraction of sp³-hybridized carbons (Fsp3) is 0.417. The molecular weight excluding hydrogens is 208 g/mol. The Labute approximate surface area is 93.8 Å². The van der Waals surface area contributed by atoms with Crippen LogP contribution in [0.5, 0.6) is 11.5 Å². The van der Waals surface area contributed by atoms with Gasteiger partial charge in [0.15, 0.2) is 0 Å². The van der Waals surface area contributed by atoms with Crippen molar-refractivity contribution in [2.45, 2.75) is 18.8 Å². The van der Waals surface area contributed by atoms with E-state index in [1.165, 1.54) is 7.11 Å². The van der Waals surface area contributed by atoms with Gasteiger partial charge in [-0.15, -0.1) is 0 Å². The fourth-order valence-electron chi connectivity index (χ4n) is 2.05. The highest BCUT2D eigenvalue weighted by Crippen LogP contribution is 2.44. The molecule has 0 spiro atoms. The maximum atomic E-state index is 11.4. The maximum absolute atomic E-state index is 11.4. The molecule has 1 aromatic rings. The second kappa shape index (κ2) is 3.70. The zero-order valence-electron chi connectivity index (χ0n) is 9.32. The Bertz CT molecular complexity index is 413. The summed E-state index contributed by atoms with van der Waals surface area (Å²) in [6.07, 6.45) is 0.454. The molecule has 1 aliphatic heterocycles. The van der Waals surface area contributed by atoms with Crippen LogP contribution in [0.3, 0.4) is 0 Å². The average Bonchev–Trinajstić information content (AvgIpc) is 2.28. The van der Waals surface area contributed by atoms with Crippen LogP contribution in [-0.4, -0.2) is 24.8 Å². The fourth-order valence-corrected chi connectivity index (χ4v) is 2.05. The molecule has 0 saturated carbocycles. The number of aliphatic carboxylic acids is 1. The third kappa shape index (κ3) is 1.41. The van der Waals surface area contributed by atoms with Crippen molar-refractivity contribution in [1.29, 1.82) is 0 Å². The van der Waals surface area contributed by atoms with Crippen LogP contribution in [-0.2, 0) is 10.2 Å². The van der Waals surface area contributed by atoms with E-state index in [-0.39, 0.29) is 0 Å². The van der Waals surface area contributed by atoms with Gasteiger partial charge in [-0.1, -0.05) is 6.07 Å². The van der Waals surface area contributed by atoms with Crippen molar-refractivity contribution in [1.82, 2.24) is 0 Å². The summed E-state index contributed by atoms with van der Waals surface area (Å²) in [5.74, 6) is 0.333. The molecule has 16 heavy (non-hydrogen) atoms. The zero-order valence-corrected chi connectivity index (χ0v) is 9.32. The molecule has 1 aliphatic rings. The molecule has 0 radical (unpaired) electrons. The Morgan fingerprint density at radius 1 is 1.56 bits per heavy atom. The Morgan fingerprint density at radius 3 is 2.94 bits per heavy atom. The number of carbonyl (C=O) groups is 1. The Hall–Kier alpha value is -1.71. The SMILES string of the molecule is COc1cccc2c1C(C)(C(=O)O)CCO2. The van der Waals surface area contributed by atoms with Gasteiger partial charge in [-0.2, -0.15) is 0 Å². The van der Waals surface area contributed by atoms with Crippen LogP contribution in [0.1, 0.15) is 18.9 Å². The molecule has 86 valence electrons. The van der Waals surface area contributed by atoms with Gasteiger partial charge >= 0.3 is 5.97 Å². The minimum absolute atomic E-state index is 0.420. The predicted molar refractivity (Wildman–Crippen MR) is 58.1 cm³/mol. The first-order valence-electron chi connectivity index (χ1n) is 5.13. The number of benzene rings is 1. The molecule has 0 amide bonds. The van der Waals surface area contributed by atoms with Crippen molar-refractivity contribution in [3.05, 3.63) is 23.8 Å². The van der Waals surface area contributed by atoms with Gasteiger partial charge in [-0.25, -0.2) is 0 Å². The molecule has 2 rings (SSSR count). The smallest absolute Gasteiger partial charge is 0.314 e. The predicted octanol–water partition coefficient (Wildman–Crippen LogP) is 1.82. The van der Waals surface area contributed by atoms with E-state index in [1.54, 1.807) is 25.1 Å². The summed E-state index contributed by atoms with van der Waals surface area (Å²) in [5, 5.41) is 9.35. The van der Waals surface area contributed by atoms with E-state index < -0.39 is 11.4 Å². The number of fused-ring (bicyclic) bond motifs is 1. The van der Waals surface area contributed by atoms with Crippen LogP contribution in [0, 0.1) is 0 Å². The van der Waals surface area contributed by atoms with Crippen molar-refractivity contribution in [2.75, 3.05) is 13.7 Å². The van der Waals surface area contributed by atoms with Gasteiger partial charge in [0, 0.05) is 6.42 Å². The minimum Gasteiger partial charge on any atom is -0.496 e. The first-order chi connectivity index (χ1) is 7.59. The molecule has 0 saturated heterocycles. The standard InChI is InChI=1S/C12H14O4/c1-12(11(13)14)6-7-16-9-5-3-4-8(15-2)10(9)12/h3-5H,6-7H2,1-2H3,(H,13,14). The quantitative estimate of drug-likeness (QED) is 0.829. The van der Waals surface area contributed by atoms with Gasteiger partial charge in [0.05, 0.1) is 19.3 Å². The molecule has 4 heteroatoms. The molecular formula is C12H14O4. The van der Waals surface area contributed by atoms with Crippen molar-refractivity contribution >= 4 is 5.97 Å². The molecule has 0 aromatic heterocycles. The molecule has 1 aromatic carbocycles. The van der Waals surface area contributed by atoms with E-state index in [4.69, 9.17) is 9.47 Å². The average molecular weight is 222 g/mol. The number of methoxy groups -OCH3 is 1. The van der Waals surface area contributed by atoms with E-state index >= 15 is 0 Å². The molecule has 0 aliphatic carbocycles. The molecule has 1 atom stereocenters. The van der Waals surface area contributed by atoms with Crippen LogP contribution in [0.4, 0.5) is 0 Å². The van der Waals surface area contributed by atoms with E-state index in [1.807, 2.05) is 0 Å². The summed E-state index contributed by atoms with van der Waals surface area (Å²) < 4.78 is 10.7. The first-order valence-corrected chi connectivity index (χ1v) is 5.13. The third-order valence-electron chi connectivity index (χ3n) is 3.09. The molecule has 0 bridgehead atoms. The molecule has 1 N–H and O–H groups in total. The molecule has 1 unspecified atom stereocenters. The molecule has 4 nitrogen and oxygen atoms in total. The highest BCUT2D eigenvalue weighted by atomic mass is 16.5. The van der Waals surface area contributed by atoms with Crippen molar-refractivity contribution in [2.24, 2.45) is 0 Å².